The van der Waals surface area contributed by atoms with Gasteiger partial charge in [-0.25, -0.2) is 0 Å². The first-order valence-corrected chi connectivity index (χ1v) is 6.05. The van der Waals surface area contributed by atoms with Crippen LogP contribution in [0.3, 0.4) is 0 Å². The fraction of sp³-hybridized carbons (Fsp3) is 0.462. The van der Waals surface area contributed by atoms with Gasteiger partial charge in [0.1, 0.15) is 5.75 Å². The second kappa shape index (κ2) is 7.16. The van der Waals surface area contributed by atoms with Crippen molar-refractivity contribution in [3.8, 4) is 11.8 Å². The van der Waals surface area contributed by atoms with Crippen molar-refractivity contribution in [2.24, 2.45) is 5.73 Å². The number of unbranched alkanes of at least 4 members (excludes halogenated alkanes) is 1. The molecule has 0 aliphatic rings. The number of nitriles is 1. The van der Waals surface area contributed by atoms with E-state index in [2.05, 4.69) is 6.07 Å². The van der Waals surface area contributed by atoms with Gasteiger partial charge in [0.05, 0.1) is 12.7 Å². The number of halogens is 1. The molecular formula is C13H17ClN2O. The molecule has 0 aliphatic heterocycles. The van der Waals surface area contributed by atoms with Crippen LogP contribution in [0.5, 0.6) is 5.75 Å². The van der Waals surface area contributed by atoms with Crippen molar-refractivity contribution in [3.63, 3.8) is 0 Å². The van der Waals surface area contributed by atoms with Gasteiger partial charge in [-0.2, -0.15) is 5.26 Å². The third-order valence-corrected chi connectivity index (χ3v) is 2.65. The summed E-state index contributed by atoms with van der Waals surface area (Å²) < 4.78 is 5.63. The van der Waals surface area contributed by atoms with Gasteiger partial charge >= 0.3 is 0 Å². The highest BCUT2D eigenvalue weighted by molar-refractivity contribution is 6.31. The normalized spacial score (nSPS) is 11.9. The first-order chi connectivity index (χ1) is 8.15. The zero-order chi connectivity index (χ0) is 12.7. The fourth-order valence-electron chi connectivity index (χ4n) is 1.53. The number of hydrogen-bond acceptors (Lipinski definition) is 3. The molecule has 4 heteroatoms. The molecule has 0 bridgehead atoms. The van der Waals surface area contributed by atoms with Crippen LogP contribution in [0.25, 0.3) is 0 Å². The lowest BCUT2D eigenvalue weighted by atomic mass is 10.1. The van der Waals surface area contributed by atoms with E-state index in [-0.39, 0.29) is 6.04 Å². The third-order valence-electron chi connectivity index (χ3n) is 2.29. The summed E-state index contributed by atoms with van der Waals surface area (Å²) in [6.45, 7) is 2.46. The topological polar surface area (TPSA) is 59.0 Å². The summed E-state index contributed by atoms with van der Waals surface area (Å²) in [5.74, 6) is 0.771. The van der Waals surface area contributed by atoms with Crippen LogP contribution >= 0.6 is 11.6 Å². The largest absolute Gasteiger partial charge is 0.493 e. The van der Waals surface area contributed by atoms with Gasteiger partial charge in [0.25, 0.3) is 0 Å². The molecule has 0 saturated carbocycles. The Hall–Kier alpha value is -1.24. The maximum Gasteiger partial charge on any atom is 0.124 e. The Morgan fingerprint density at radius 1 is 1.53 bits per heavy atom. The molecule has 2 N–H and O–H groups in total. The average Bonchev–Trinajstić information content (AvgIpc) is 2.28. The Morgan fingerprint density at radius 2 is 2.29 bits per heavy atom. The Bertz CT molecular complexity index is 399. The molecular weight excluding hydrogens is 236 g/mol. The quantitative estimate of drug-likeness (QED) is 0.792. The van der Waals surface area contributed by atoms with Gasteiger partial charge < -0.3 is 10.5 Å². The minimum absolute atomic E-state index is 0.0383. The summed E-state index contributed by atoms with van der Waals surface area (Å²) in [5.41, 5.74) is 6.73. The van der Waals surface area contributed by atoms with Crippen LogP contribution in [-0.2, 0) is 6.42 Å². The van der Waals surface area contributed by atoms with Crippen molar-refractivity contribution in [3.05, 3.63) is 28.8 Å². The monoisotopic (exact) mass is 252 g/mol. The molecule has 0 spiro atoms. The van der Waals surface area contributed by atoms with Crippen molar-refractivity contribution in [2.75, 3.05) is 6.61 Å². The predicted molar refractivity (Wildman–Crippen MR) is 69.1 cm³/mol. The van der Waals surface area contributed by atoms with Crippen LogP contribution < -0.4 is 10.5 Å². The lowest BCUT2D eigenvalue weighted by Gasteiger charge is -2.14. The molecule has 92 valence electrons. The van der Waals surface area contributed by atoms with Crippen LogP contribution in [0, 0.1) is 11.3 Å². The SMILES string of the molecule is CC(N)Cc1c(Cl)cccc1OCCCC#N. The van der Waals surface area contributed by atoms with Crippen LogP contribution in [0.15, 0.2) is 18.2 Å². The van der Waals surface area contributed by atoms with E-state index in [4.69, 9.17) is 27.3 Å². The second-order valence-electron chi connectivity index (χ2n) is 4.01. The molecule has 1 atom stereocenters. The van der Waals surface area contributed by atoms with Crippen molar-refractivity contribution >= 4 is 11.6 Å². The summed E-state index contributed by atoms with van der Waals surface area (Å²) in [7, 11) is 0. The summed E-state index contributed by atoms with van der Waals surface area (Å²) in [4.78, 5) is 0. The molecule has 1 aromatic carbocycles. The molecule has 0 saturated heterocycles. The first kappa shape index (κ1) is 13.8. The van der Waals surface area contributed by atoms with Gasteiger partial charge in [0, 0.05) is 23.0 Å². The van der Waals surface area contributed by atoms with Crippen molar-refractivity contribution < 1.29 is 4.74 Å². The summed E-state index contributed by atoms with van der Waals surface area (Å²) in [5, 5.41) is 9.12. The highest BCUT2D eigenvalue weighted by Crippen LogP contribution is 2.27. The summed E-state index contributed by atoms with van der Waals surface area (Å²) in [6, 6.07) is 7.70. The van der Waals surface area contributed by atoms with E-state index >= 15 is 0 Å². The highest BCUT2D eigenvalue weighted by atomic mass is 35.5. The standard InChI is InChI=1S/C13H17ClN2O/c1-10(16)9-11-12(14)5-4-6-13(11)17-8-3-2-7-15/h4-6,10H,2-3,8-9,16H2,1H3. The number of nitrogens with zero attached hydrogens (tertiary/aromatic N) is 1. The minimum Gasteiger partial charge on any atom is -0.493 e. The first-order valence-electron chi connectivity index (χ1n) is 5.68. The van der Waals surface area contributed by atoms with Crippen LogP contribution in [-0.4, -0.2) is 12.6 Å². The van der Waals surface area contributed by atoms with Gasteiger partial charge in [0.2, 0.25) is 0 Å². The lowest BCUT2D eigenvalue weighted by molar-refractivity contribution is 0.309. The van der Waals surface area contributed by atoms with E-state index < -0.39 is 0 Å². The Kier molecular flexibility index (Phi) is 5.82. The maximum atomic E-state index is 8.44. The van der Waals surface area contributed by atoms with E-state index in [0.29, 0.717) is 24.5 Å². The maximum absolute atomic E-state index is 8.44. The second-order valence-corrected chi connectivity index (χ2v) is 4.42. The van der Waals surface area contributed by atoms with Crippen LogP contribution in [0.4, 0.5) is 0 Å². The number of benzene rings is 1. The molecule has 1 rings (SSSR count). The predicted octanol–water partition coefficient (Wildman–Crippen LogP) is 2.91. The van der Waals surface area contributed by atoms with Gasteiger partial charge in [-0.05, 0) is 31.9 Å². The molecule has 0 radical (unpaired) electrons. The molecule has 0 aromatic heterocycles. The molecule has 0 fully saturated rings. The van der Waals surface area contributed by atoms with Crippen molar-refractivity contribution in [1.29, 1.82) is 5.26 Å². The zero-order valence-electron chi connectivity index (χ0n) is 9.95. The van der Waals surface area contributed by atoms with E-state index in [0.717, 1.165) is 17.7 Å². The molecule has 0 heterocycles. The summed E-state index contributed by atoms with van der Waals surface area (Å²) >= 11 is 6.13. The number of nitrogens with two attached hydrogens (primary N) is 1. The number of ether oxygens (including phenoxy) is 1. The van der Waals surface area contributed by atoms with Crippen LogP contribution in [0.2, 0.25) is 5.02 Å². The summed E-state index contributed by atoms with van der Waals surface area (Å²) in [6.07, 6.45) is 1.91. The van der Waals surface area contributed by atoms with E-state index in [1.165, 1.54) is 0 Å². The van der Waals surface area contributed by atoms with Gasteiger partial charge in [-0.3, -0.25) is 0 Å². The Morgan fingerprint density at radius 3 is 2.94 bits per heavy atom. The van der Waals surface area contributed by atoms with E-state index in [1.807, 2.05) is 25.1 Å². The smallest absolute Gasteiger partial charge is 0.124 e. The third kappa shape index (κ3) is 4.64. The molecule has 1 unspecified atom stereocenters. The minimum atomic E-state index is 0.0383. The molecule has 3 nitrogen and oxygen atoms in total. The average molecular weight is 253 g/mol. The zero-order valence-corrected chi connectivity index (χ0v) is 10.7. The molecule has 17 heavy (non-hydrogen) atoms. The van der Waals surface area contributed by atoms with Crippen LogP contribution in [0.1, 0.15) is 25.3 Å². The van der Waals surface area contributed by atoms with Crippen molar-refractivity contribution in [2.45, 2.75) is 32.2 Å². The molecule has 0 aliphatic carbocycles. The number of rotatable bonds is 6. The Balaban J connectivity index is 2.69. The van der Waals surface area contributed by atoms with Gasteiger partial charge in [-0.1, -0.05) is 17.7 Å². The van der Waals surface area contributed by atoms with Gasteiger partial charge in [-0.15, -0.1) is 0 Å². The fourth-order valence-corrected chi connectivity index (χ4v) is 1.77. The molecule has 1 aromatic rings. The lowest BCUT2D eigenvalue weighted by Crippen LogP contribution is -2.18. The van der Waals surface area contributed by atoms with E-state index in [1.54, 1.807) is 0 Å². The molecule has 0 amide bonds. The Labute approximate surface area is 107 Å². The van der Waals surface area contributed by atoms with Crippen molar-refractivity contribution in [1.82, 2.24) is 0 Å². The number of hydrogen-bond donors (Lipinski definition) is 1. The van der Waals surface area contributed by atoms with Gasteiger partial charge in [0.15, 0.2) is 0 Å². The van der Waals surface area contributed by atoms with E-state index in [9.17, 15) is 0 Å². The highest BCUT2D eigenvalue weighted by Gasteiger charge is 2.10.